The van der Waals surface area contributed by atoms with Crippen LogP contribution < -0.4 is 5.56 Å². The maximum Gasteiger partial charge on any atom is 0.253 e. The second kappa shape index (κ2) is 8.40. The van der Waals surface area contributed by atoms with Crippen molar-refractivity contribution >= 4 is 10.9 Å². The third-order valence-electron chi connectivity index (χ3n) is 5.59. The summed E-state index contributed by atoms with van der Waals surface area (Å²) in [4.78, 5) is 18.3. The number of methoxy groups -OCH3 is 1. The van der Waals surface area contributed by atoms with Gasteiger partial charge in [-0.25, -0.2) is 4.68 Å². The second-order valence-electron chi connectivity index (χ2n) is 7.52. The number of aliphatic hydroxyl groups is 1. The maximum atomic E-state index is 13.1. The SMILES string of the molecule is COCCn1nnnc1[C@@H](c1cc2cccc(C)c2[nH]c1=O)N1CCC(O)CC1. The van der Waals surface area contributed by atoms with Crippen molar-refractivity contribution in [3.8, 4) is 0 Å². The molecule has 9 heteroatoms. The summed E-state index contributed by atoms with van der Waals surface area (Å²) in [7, 11) is 1.63. The van der Waals surface area contributed by atoms with Crippen molar-refractivity contribution in [2.45, 2.75) is 38.5 Å². The number of aryl methyl sites for hydroxylation is 1. The standard InChI is InChI=1S/C20H26N6O3/c1-13-4-3-5-14-12-16(20(28)21-17(13)14)18(25-8-6-15(27)7-9-25)19-22-23-24-26(19)10-11-29-2/h3-5,12,15,18,27H,6-11H2,1-2H3,(H,21,28)/t18-/m1/s1. The van der Waals surface area contributed by atoms with Gasteiger partial charge in [0.2, 0.25) is 0 Å². The minimum absolute atomic E-state index is 0.149. The summed E-state index contributed by atoms with van der Waals surface area (Å²) in [5.74, 6) is 0.607. The molecule has 0 radical (unpaired) electrons. The highest BCUT2D eigenvalue weighted by Gasteiger charge is 2.32. The lowest BCUT2D eigenvalue weighted by molar-refractivity contribution is 0.0654. The highest BCUT2D eigenvalue weighted by Crippen LogP contribution is 2.29. The Morgan fingerprint density at radius 1 is 1.34 bits per heavy atom. The van der Waals surface area contributed by atoms with E-state index in [2.05, 4.69) is 25.4 Å². The number of tetrazole rings is 1. The van der Waals surface area contributed by atoms with Crippen LogP contribution in [0.5, 0.6) is 0 Å². The summed E-state index contributed by atoms with van der Waals surface area (Å²) in [6, 6.07) is 7.49. The molecule has 1 fully saturated rings. The van der Waals surface area contributed by atoms with E-state index in [1.54, 1.807) is 11.8 Å². The van der Waals surface area contributed by atoms with Crippen molar-refractivity contribution in [1.29, 1.82) is 0 Å². The fourth-order valence-electron chi connectivity index (χ4n) is 3.99. The number of nitrogens with zero attached hydrogens (tertiary/aromatic N) is 5. The molecular weight excluding hydrogens is 372 g/mol. The Hall–Kier alpha value is -2.62. The van der Waals surface area contributed by atoms with Gasteiger partial charge >= 0.3 is 0 Å². The average molecular weight is 398 g/mol. The zero-order valence-electron chi connectivity index (χ0n) is 16.7. The van der Waals surface area contributed by atoms with Gasteiger partial charge in [0, 0.05) is 25.8 Å². The van der Waals surface area contributed by atoms with Crippen LogP contribution in [0.2, 0.25) is 0 Å². The Labute approximate surface area is 168 Å². The molecule has 2 aromatic heterocycles. The van der Waals surface area contributed by atoms with E-state index in [0.717, 1.165) is 16.5 Å². The number of fused-ring (bicyclic) bond motifs is 1. The van der Waals surface area contributed by atoms with E-state index < -0.39 is 6.04 Å². The first-order valence-electron chi connectivity index (χ1n) is 9.88. The third-order valence-corrected chi connectivity index (χ3v) is 5.59. The van der Waals surface area contributed by atoms with Gasteiger partial charge in [0.25, 0.3) is 5.56 Å². The fraction of sp³-hybridized carbons (Fsp3) is 0.500. The molecule has 29 heavy (non-hydrogen) atoms. The molecule has 3 heterocycles. The number of nitrogens with one attached hydrogen (secondary N) is 1. The number of ether oxygens (including phenoxy) is 1. The number of benzene rings is 1. The van der Waals surface area contributed by atoms with Crippen LogP contribution in [0.4, 0.5) is 0 Å². The summed E-state index contributed by atoms with van der Waals surface area (Å²) in [5, 5.41) is 23.1. The van der Waals surface area contributed by atoms with Gasteiger partial charge in [-0.1, -0.05) is 18.2 Å². The lowest BCUT2D eigenvalue weighted by Gasteiger charge is -2.35. The number of aliphatic hydroxyl groups excluding tert-OH is 1. The summed E-state index contributed by atoms with van der Waals surface area (Å²) >= 11 is 0. The number of para-hydroxylation sites is 1. The summed E-state index contributed by atoms with van der Waals surface area (Å²) in [6.45, 7) is 4.27. The van der Waals surface area contributed by atoms with E-state index in [1.807, 2.05) is 31.2 Å². The monoisotopic (exact) mass is 398 g/mol. The molecule has 9 nitrogen and oxygen atoms in total. The van der Waals surface area contributed by atoms with Crippen LogP contribution in [0.25, 0.3) is 10.9 Å². The molecule has 0 spiro atoms. The topological polar surface area (TPSA) is 109 Å². The molecule has 2 N–H and O–H groups in total. The number of rotatable bonds is 6. The zero-order valence-corrected chi connectivity index (χ0v) is 16.7. The molecule has 3 aromatic rings. The first-order chi connectivity index (χ1) is 14.1. The van der Waals surface area contributed by atoms with Crippen LogP contribution >= 0.6 is 0 Å². The van der Waals surface area contributed by atoms with E-state index >= 15 is 0 Å². The number of piperidine rings is 1. The molecule has 1 aromatic carbocycles. The van der Waals surface area contributed by atoms with E-state index in [0.29, 0.717) is 50.5 Å². The third kappa shape index (κ3) is 3.93. The largest absolute Gasteiger partial charge is 0.393 e. The van der Waals surface area contributed by atoms with Gasteiger partial charge in [-0.15, -0.1) is 5.10 Å². The van der Waals surface area contributed by atoms with E-state index in [1.165, 1.54) is 0 Å². The smallest absolute Gasteiger partial charge is 0.253 e. The lowest BCUT2D eigenvalue weighted by Crippen LogP contribution is -2.41. The van der Waals surface area contributed by atoms with Gasteiger partial charge in [0.1, 0.15) is 6.04 Å². The number of pyridine rings is 1. The van der Waals surface area contributed by atoms with E-state index in [-0.39, 0.29) is 11.7 Å². The van der Waals surface area contributed by atoms with Gasteiger partial charge in [0.05, 0.1) is 24.8 Å². The van der Waals surface area contributed by atoms with Crippen LogP contribution in [0.1, 0.15) is 35.8 Å². The lowest BCUT2D eigenvalue weighted by atomic mass is 9.99. The van der Waals surface area contributed by atoms with Crippen LogP contribution in [-0.2, 0) is 11.3 Å². The Kier molecular flexibility index (Phi) is 5.70. The van der Waals surface area contributed by atoms with Gasteiger partial charge < -0.3 is 14.8 Å². The van der Waals surface area contributed by atoms with Crippen molar-refractivity contribution < 1.29 is 9.84 Å². The number of hydrogen-bond acceptors (Lipinski definition) is 7. The number of H-pyrrole nitrogens is 1. The van der Waals surface area contributed by atoms with Crippen molar-refractivity contribution in [3.63, 3.8) is 0 Å². The molecule has 1 aliphatic heterocycles. The fourth-order valence-corrected chi connectivity index (χ4v) is 3.99. The van der Waals surface area contributed by atoms with Crippen molar-refractivity contribution in [2.24, 2.45) is 0 Å². The predicted molar refractivity (Wildman–Crippen MR) is 108 cm³/mol. The normalized spacial score (nSPS) is 17.1. The summed E-state index contributed by atoms with van der Waals surface area (Å²) in [6.07, 6.45) is 0.996. The van der Waals surface area contributed by atoms with E-state index in [4.69, 9.17) is 4.74 Å². The minimum atomic E-state index is -0.400. The summed E-state index contributed by atoms with van der Waals surface area (Å²) < 4.78 is 6.87. The van der Waals surface area contributed by atoms with E-state index in [9.17, 15) is 9.90 Å². The highest BCUT2D eigenvalue weighted by atomic mass is 16.5. The Bertz CT molecular complexity index is 1040. The predicted octanol–water partition coefficient (Wildman–Crippen LogP) is 1.02. The molecule has 0 aliphatic carbocycles. The molecule has 1 saturated heterocycles. The molecule has 154 valence electrons. The van der Waals surface area contributed by atoms with Gasteiger partial charge in [-0.05, 0) is 47.2 Å². The Morgan fingerprint density at radius 2 is 2.14 bits per heavy atom. The van der Waals surface area contributed by atoms with Crippen LogP contribution in [0, 0.1) is 6.92 Å². The minimum Gasteiger partial charge on any atom is -0.393 e. The van der Waals surface area contributed by atoms with Crippen LogP contribution in [0.3, 0.4) is 0 Å². The Morgan fingerprint density at radius 3 is 2.90 bits per heavy atom. The molecule has 0 amide bonds. The van der Waals surface area contributed by atoms with Crippen LogP contribution in [-0.4, -0.2) is 68.1 Å². The molecular formula is C20H26N6O3. The van der Waals surface area contributed by atoms with Gasteiger partial charge in [-0.3, -0.25) is 9.69 Å². The van der Waals surface area contributed by atoms with Crippen LogP contribution in [0.15, 0.2) is 29.1 Å². The first-order valence-corrected chi connectivity index (χ1v) is 9.88. The molecule has 0 saturated carbocycles. The van der Waals surface area contributed by atoms with Crippen molar-refractivity contribution in [2.75, 3.05) is 26.8 Å². The molecule has 1 aliphatic rings. The first kappa shape index (κ1) is 19.7. The number of aromatic nitrogens is 5. The number of aromatic amines is 1. The zero-order chi connectivity index (χ0) is 20.4. The number of hydrogen-bond donors (Lipinski definition) is 2. The highest BCUT2D eigenvalue weighted by molar-refractivity contribution is 5.82. The van der Waals surface area contributed by atoms with Gasteiger partial charge in [-0.2, -0.15) is 0 Å². The van der Waals surface area contributed by atoms with Gasteiger partial charge in [0.15, 0.2) is 5.82 Å². The van der Waals surface area contributed by atoms with Crippen molar-refractivity contribution in [1.82, 2.24) is 30.1 Å². The average Bonchev–Trinajstić information content (AvgIpc) is 3.17. The Balaban J connectivity index is 1.83. The number of likely N-dealkylation sites (tertiary alicyclic amines) is 1. The maximum absolute atomic E-state index is 13.1. The summed E-state index contributed by atoms with van der Waals surface area (Å²) in [5.41, 5.74) is 2.32. The quantitative estimate of drug-likeness (QED) is 0.638. The molecule has 0 unspecified atom stereocenters. The molecule has 0 bridgehead atoms. The molecule has 1 atom stereocenters. The molecule has 4 rings (SSSR count). The second-order valence-corrected chi connectivity index (χ2v) is 7.52. The van der Waals surface area contributed by atoms with Crippen molar-refractivity contribution in [3.05, 3.63) is 51.6 Å².